The number of esters is 1. The Bertz CT molecular complexity index is 1590. The zero-order valence-electron chi connectivity index (χ0n) is 18.9. The second-order valence-corrected chi connectivity index (χ2v) is 9.81. The molecule has 2 N–H and O–H groups in total. The van der Waals surface area contributed by atoms with Crippen LogP contribution in [-0.2, 0) is 35.3 Å². The zero-order valence-corrected chi connectivity index (χ0v) is 19.7. The number of hydrogen-bond donors (Lipinski definition) is 1. The van der Waals surface area contributed by atoms with Crippen LogP contribution in [0.4, 0.5) is 11.5 Å². The largest absolute Gasteiger partial charge is 0.454 e. The Balaban J connectivity index is 1.54. The Kier molecular flexibility index (Phi) is 6.07. The minimum absolute atomic E-state index is 0.0901. The zero-order chi connectivity index (χ0) is 25.5. The first-order valence-corrected chi connectivity index (χ1v) is 11.9. The van der Waals surface area contributed by atoms with E-state index in [0.29, 0.717) is 12.1 Å². The number of hydrogen-bond acceptors (Lipinski definition) is 8. The first-order valence-electron chi connectivity index (χ1n) is 10.5. The molecule has 1 aromatic heterocycles. The van der Waals surface area contributed by atoms with E-state index in [-0.39, 0.29) is 22.8 Å². The Morgan fingerprint density at radius 3 is 2.49 bits per heavy atom. The Morgan fingerprint density at radius 1 is 1.03 bits per heavy atom. The molecule has 0 saturated heterocycles. The number of carbonyl (C=O) groups is 2. The van der Waals surface area contributed by atoms with Crippen molar-refractivity contribution in [3.8, 4) is 0 Å². The Hall–Kier alpha value is -4.19. The molecule has 0 spiro atoms. The second kappa shape index (κ2) is 8.87. The van der Waals surface area contributed by atoms with Gasteiger partial charge in [-0.1, -0.05) is 24.3 Å². The SMILES string of the molecule is Cn1c(N)c(C(=O)COC(=O)c2cccc(S(=O)(=O)N3CCc4ccccc43)c2)c(=O)n(C)c1=O. The lowest BCUT2D eigenvalue weighted by molar-refractivity contribution is 0.0474. The number of nitrogens with zero attached hydrogens (tertiary/aromatic N) is 3. The number of nitrogen functional groups attached to an aromatic ring is 1. The van der Waals surface area contributed by atoms with E-state index < -0.39 is 45.2 Å². The fourth-order valence-corrected chi connectivity index (χ4v) is 5.43. The van der Waals surface area contributed by atoms with Crippen molar-refractivity contribution >= 4 is 33.3 Å². The minimum Gasteiger partial charge on any atom is -0.454 e. The number of aromatic nitrogens is 2. The van der Waals surface area contributed by atoms with Crippen LogP contribution in [-0.4, -0.2) is 42.5 Å². The van der Waals surface area contributed by atoms with Gasteiger partial charge in [0.25, 0.3) is 15.6 Å². The third-order valence-electron chi connectivity index (χ3n) is 5.83. The second-order valence-electron chi connectivity index (χ2n) is 7.95. The number of sulfonamides is 1. The molecule has 3 aromatic rings. The summed E-state index contributed by atoms with van der Waals surface area (Å²) in [4.78, 5) is 49.3. The van der Waals surface area contributed by atoms with Crippen molar-refractivity contribution in [2.45, 2.75) is 11.3 Å². The monoisotopic (exact) mass is 498 g/mol. The summed E-state index contributed by atoms with van der Waals surface area (Å²) < 4.78 is 34.4. The van der Waals surface area contributed by atoms with E-state index in [1.54, 1.807) is 12.1 Å². The van der Waals surface area contributed by atoms with Crippen molar-refractivity contribution in [1.82, 2.24) is 9.13 Å². The number of Topliss-reactive ketones (excluding diaryl/α,β-unsaturated/α-hetero) is 1. The molecule has 2 aromatic carbocycles. The van der Waals surface area contributed by atoms with Gasteiger partial charge in [0.05, 0.1) is 16.1 Å². The van der Waals surface area contributed by atoms with Crippen LogP contribution in [0.2, 0.25) is 0 Å². The first-order chi connectivity index (χ1) is 16.5. The molecule has 1 aliphatic rings. The van der Waals surface area contributed by atoms with Gasteiger partial charge in [-0.3, -0.25) is 23.0 Å². The lowest BCUT2D eigenvalue weighted by Crippen LogP contribution is -2.42. The molecule has 0 saturated carbocycles. The summed E-state index contributed by atoms with van der Waals surface area (Å²) in [6.07, 6.45) is 0.576. The highest BCUT2D eigenvalue weighted by molar-refractivity contribution is 7.92. The van der Waals surface area contributed by atoms with Gasteiger partial charge in [0.15, 0.2) is 6.61 Å². The molecule has 2 heterocycles. The number of para-hydroxylation sites is 1. The minimum atomic E-state index is -3.94. The van der Waals surface area contributed by atoms with E-state index in [2.05, 4.69) is 0 Å². The Labute approximate surface area is 200 Å². The summed E-state index contributed by atoms with van der Waals surface area (Å²) in [5.74, 6) is -2.21. The van der Waals surface area contributed by atoms with Crippen molar-refractivity contribution in [2.24, 2.45) is 14.1 Å². The number of benzene rings is 2. The van der Waals surface area contributed by atoms with Crippen molar-refractivity contribution in [3.63, 3.8) is 0 Å². The molecule has 0 radical (unpaired) electrons. The quantitative estimate of drug-likeness (QED) is 0.380. The molecule has 0 amide bonds. The van der Waals surface area contributed by atoms with Gasteiger partial charge in [0.2, 0.25) is 5.78 Å². The fourth-order valence-electron chi connectivity index (χ4n) is 3.88. The summed E-state index contributed by atoms with van der Waals surface area (Å²) in [5, 5.41) is 0. The van der Waals surface area contributed by atoms with Gasteiger partial charge in [-0.2, -0.15) is 0 Å². The maximum absolute atomic E-state index is 13.2. The average Bonchev–Trinajstić information content (AvgIpc) is 3.30. The lowest BCUT2D eigenvalue weighted by atomic mass is 10.2. The topological polar surface area (TPSA) is 151 Å². The number of ketones is 1. The summed E-state index contributed by atoms with van der Waals surface area (Å²) in [6.45, 7) is -0.548. The molecule has 0 fully saturated rings. The third kappa shape index (κ3) is 4.12. The highest BCUT2D eigenvalue weighted by Gasteiger charge is 2.31. The summed E-state index contributed by atoms with van der Waals surface area (Å²) in [7, 11) is -1.45. The average molecular weight is 499 g/mol. The third-order valence-corrected chi connectivity index (χ3v) is 7.63. The van der Waals surface area contributed by atoms with E-state index in [1.807, 2.05) is 12.1 Å². The molecule has 0 aliphatic carbocycles. The number of rotatable bonds is 6. The number of fused-ring (bicyclic) bond motifs is 1. The van der Waals surface area contributed by atoms with Crippen LogP contribution in [0.3, 0.4) is 0 Å². The maximum atomic E-state index is 13.2. The van der Waals surface area contributed by atoms with Crippen LogP contribution in [0.25, 0.3) is 0 Å². The van der Waals surface area contributed by atoms with E-state index >= 15 is 0 Å². The number of carbonyl (C=O) groups excluding carboxylic acids is 2. The normalized spacial score (nSPS) is 12.9. The van der Waals surface area contributed by atoms with Crippen LogP contribution in [0, 0.1) is 0 Å². The van der Waals surface area contributed by atoms with E-state index in [9.17, 15) is 27.6 Å². The van der Waals surface area contributed by atoms with Crippen LogP contribution in [0.5, 0.6) is 0 Å². The van der Waals surface area contributed by atoms with Crippen molar-refractivity contribution < 1.29 is 22.7 Å². The standard InChI is InChI=1S/C23H22N4O7S/c1-25-20(24)19(21(29)26(2)23(25)31)18(28)13-34-22(30)15-7-5-8-16(12-15)35(32,33)27-11-10-14-6-3-4-9-17(14)27/h3-9,12H,10-11,13,24H2,1-2H3. The fraction of sp³-hybridized carbons (Fsp3) is 0.217. The van der Waals surface area contributed by atoms with Crippen molar-refractivity contribution in [2.75, 3.05) is 23.2 Å². The molecular formula is C23H22N4O7S. The van der Waals surface area contributed by atoms with Gasteiger partial charge in [-0.15, -0.1) is 0 Å². The van der Waals surface area contributed by atoms with E-state index in [1.165, 1.54) is 42.7 Å². The van der Waals surface area contributed by atoms with Crippen LogP contribution < -0.4 is 21.3 Å². The number of nitrogens with two attached hydrogens (primary N) is 1. The van der Waals surface area contributed by atoms with Gasteiger partial charge < -0.3 is 10.5 Å². The van der Waals surface area contributed by atoms with Gasteiger partial charge in [0, 0.05) is 20.6 Å². The summed E-state index contributed by atoms with van der Waals surface area (Å²) >= 11 is 0. The molecule has 1 aliphatic heterocycles. The highest BCUT2D eigenvalue weighted by Crippen LogP contribution is 2.32. The Morgan fingerprint density at radius 2 is 1.74 bits per heavy atom. The summed E-state index contributed by atoms with van der Waals surface area (Å²) in [6, 6.07) is 12.5. The van der Waals surface area contributed by atoms with Crippen molar-refractivity contribution in [1.29, 1.82) is 0 Å². The number of anilines is 2. The molecule has 182 valence electrons. The molecule has 0 bridgehead atoms. The summed E-state index contributed by atoms with van der Waals surface area (Å²) in [5.41, 5.74) is 5.06. The van der Waals surface area contributed by atoms with Crippen LogP contribution >= 0.6 is 0 Å². The van der Waals surface area contributed by atoms with Crippen LogP contribution in [0.1, 0.15) is 26.3 Å². The predicted molar refractivity (Wildman–Crippen MR) is 127 cm³/mol. The first kappa shape index (κ1) is 24.0. The van der Waals surface area contributed by atoms with E-state index in [0.717, 1.165) is 14.7 Å². The molecular weight excluding hydrogens is 476 g/mol. The van der Waals surface area contributed by atoms with Crippen LogP contribution in [0.15, 0.2) is 63.0 Å². The number of ether oxygens (including phenoxy) is 1. The predicted octanol–water partition coefficient (Wildman–Crippen LogP) is 0.457. The molecule has 4 rings (SSSR count). The molecule has 0 atom stereocenters. The molecule has 12 heteroatoms. The maximum Gasteiger partial charge on any atom is 0.338 e. The molecule has 0 unspecified atom stereocenters. The smallest absolute Gasteiger partial charge is 0.338 e. The molecule has 35 heavy (non-hydrogen) atoms. The highest BCUT2D eigenvalue weighted by atomic mass is 32.2. The van der Waals surface area contributed by atoms with Gasteiger partial charge in [0.1, 0.15) is 11.4 Å². The van der Waals surface area contributed by atoms with Gasteiger partial charge in [-0.05, 0) is 36.2 Å². The molecule has 11 nitrogen and oxygen atoms in total. The van der Waals surface area contributed by atoms with E-state index in [4.69, 9.17) is 10.5 Å². The lowest BCUT2D eigenvalue weighted by Gasteiger charge is -2.19. The van der Waals surface area contributed by atoms with Crippen molar-refractivity contribution in [3.05, 3.63) is 86.1 Å². The van der Waals surface area contributed by atoms with Gasteiger partial charge >= 0.3 is 11.7 Å². The van der Waals surface area contributed by atoms with Gasteiger partial charge in [-0.25, -0.2) is 18.0 Å².